The maximum absolute atomic E-state index is 12.7. The summed E-state index contributed by atoms with van der Waals surface area (Å²) in [5.74, 6) is -0.115. The molecule has 2 heterocycles. The molecule has 3 aromatic rings. The lowest BCUT2D eigenvalue weighted by Gasteiger charge is -2.04. The van der Waals surface area contributed by atoms with E-state index in [-0.39, 0.29) is 5.91 Å². The summed E-state index contributed by atoms with van der Waals surface area (Å²) >= 11 is 0. The third-order valence-electron chi connectivity index (χ3n) is 3.83. The first-order valence-electron chi connectivity index (χ1n) is 6.99. The van der Waals surface area contributed by atoms with E-state index < -0.39 is 0 Å². The monoisotopic (exact) mass is 282 g/mol. The van der Waals surface area contributed by atoms with Gasteiger partial charge in [-0.05, 0) is 56.0 Å². The molecule has 0 amide bonds. The van der Waals surface area contributed by atoms with Gasteiger partial charge in [0.15, 0.2) is 0 Å². The van der Waals surface area contributed by atoms with E-state index in [0.29, 0.717) is 12.1 Å². The van der Waals surface area contributed by atoms with Crippen molar-refractivity contribution >= 4 is 16.8 Å². The Balaban J connectivity index is 2.03. The van der Waals surface area contributed by atoms with E-state index in [1.165, 1.54) is 4.68 Å². The van der Waals surface area contributed by atoms with Crippen LogP contribution in [0.1, 0.15) is 27.3 Å². The molecule has 0 fully saturated rings. The largest absolute Gasteiger partial charge is 0.361 e. The van der Waals surface area contributed by atoms with Crippen LogP contribution in [-0.2, 0) is 6.42 Å². The van der Waals surface area contributed by atoms with Crippen molar-refractivity contribution < 1.29 is 4.79 Å². The smallest absolute Gasteiger partial charge is 0.278 e. The van der Waals surface area contributed by atoms with Gasteiger partial charge in [-0.2, -0.15) is 5.10 Å². The number of fused-ring (bicyclic) bond motifs is 1. The molecule has 0 aliphatic heterocycles. The summed E-state index contributed by atoms with van der Waals surface area (Å²) in [5, 5.41) is 5.46. The van der Waals surface area contributed by atoms with E-state index in [1.54, 1.807) is 0 Å². The Morgan fingerprint density at radius 3 is 2.90 bits per heavy atom. The number of nitrogens with zero attached hydrogens (tertiary/aromatic N) is 2. The molecule has 5 heteroatoms. The molecule has 0 radical (unpaired) electrons. The zero-order valence-electron chi connectivity index (χ0n) is 12.2. The lowest BCUT2D eigenvalue weighted by Crippen LogP contribution is -2.15. The number of benzene rings is 1. The van der Waals surface area contributed by atoms with Gasteiger partial charge in [0.25, 0.3) is 5.91 Å². The van der Waals surface area contributed by atoms with Gasteiger partial charge >= 0.3 is 0 Å². The van der Waals surface area contributed by atoms with E-state index in [4.69, 9.17) is 5.73 Å². The van der Waals surface area contributed by atoms with Gasteiger partial charge in [-0.3, -0.25) is 4.79 Å². The highest BCUT2D eigenvalue weighted by Gasteiger charge is 2.17. The van der Waals surface area contributed by atoms with Crippen LogP contribution < -0.4 is 5.73 Å². The first kappa shape index (κ1) is 13.6. The Hall–Kier alpha value is -2.40. The fourth-order valence-electron chi connectivity index (χ4n) is 2.68. The summed E-state index contributed by atoms with van der Waals surface area (Å²) in [6, 6.07) is 7.60. The number of rotatable bonds is 3. The Kier molecular flexibility index (Phi) is 3.35. The molecule has 3 rings (SSSR count). The van der Waals surface area contributed by atoms with Gasteiger partial charge in [0, 0.05) is 23.0 Å². The van der Waals surface area contributed by atoms with Crippen LogP contribution >= 0.6 is 0 Å². The Morgan fingerprint density at radius 1 is 1.33 bits per heavy atom. The summed E-state index contributed by atoms with van der Waals surface area (Å²) in [4.78, 5) is 15.8. The molecule has 21 heavy (non-hydrogen) atoms. The van der Waals surface area contributed by atoms with Crippen LogP contribution in [0.25, 0.3) is 10.9 Å². The minimum atomic E-state index is -0.115. The first-order chi connectivity index (χ1) is 10.1. The predicted octanol–water partition coefficient (Wildman–Crippen LogP) is 2.17. The van der Waals surface area contributed by atoms with Gasteiger partial charge < -0.3 is 10.7 Å². The van der Waals surface area contributed by atoms with E-state index in [0.717, 1.165) is 34.3 Å². The fraction of sp³-hybridized carbons (Fsp3) is 0.250. The average molecular weight is 282 g/mol. The number of H-pyrrole nitrogens is 1. The molecule has 0 unspecified atom stereocenters. The zero-order chi connectivity index (χ0) is 15.0. The summed E-state index contributed by atoms with van der Waals surface area (Å²) in [6.45, 7) is 4.38. The summed E-state index contributed by atoms with van der Waals surface area (Å²) in [6.07, 6.45) is 2.60. The van der Waals surface area contributed by atoms with Crippen LogP contribution in [0.4, 0.5) is 0 Å². The number of aromatic amines is 1. The van der Waals surface area contributed by atoms with Crippen LogP contribution in [0.2, 0.25) is 0 Å². The topological polar surface area (TPSA) is 76.7 Å². The summed E-state index contributed by atoms with van der Waals surface area (Å²) in [7, 11) is 0. The molecule has 0 atom stereocenters. The number of hydrogen-bond acceptors (Lipinski definition) is 3. The van der Waals surface area contributed by atoms with Crippen LogP contribution in [0.3, 0.4) is 0 Å². The van der Waals surface area contributed by atoms with Crippen molar-refractivity contribution in [3.8, 4) is 0 Å². The summed E-state index contributed by atoms with van der Waals surface area (Å²) < 4.78 is 1.48. The van der Waals surface area contributed by atoms with E-state index in [1.807, 2.05) is 44.3 Å². The highest BCUT2D eigenvalue weighted by molar-refractivity contribution is 5.99. The second kappa shape index (κ2) is 5.18. The highest BCUT2D eigenvalue weighted by atomic mass is 16.2. The molecule has 108 valence electrons. The van der Waals surface area contributed by atoms with Crippen LogP contribution in [0.5, 0.6) is 0 Å². The number of aryl methyl sites for hydroxylation is 1. The van der Waals surface area contributed by atoms with Crippen molar-refractivity contribution in [2.24, 2.45) is 5.73 Å². The standard InChI is InChI=1S/C16H18N4O/c1-10-14(5-7-17)11(2)20(19-10)16(21)13-4-3-12-6-8-18-15(12)9-13/h3-4,6,8-9,18H,5,7,17H2,1-2H3. The van der Waals surface area contributed by atoms with Crippen molar-refractivity contribution in [1.82, 2.24) is 14.8 Å². The van der Waals surface area contributed by atoms with Crippen molar-refractivity contribution in [3.05, 3.63) is 53.0 Å². The molecule has 0 spiro atoms. The zero-order valence-corrected chi connectivity index (χ0v) is 12.2. The van der Waals surface area contributed by atoms with E-state index in [2.05, 4.69) is 10.1 Å². The van der Waals surface area contributed by atoms with Gasteiger partial charge in [0.1, 0.15) is 0 Å². The molecule has 0 saturated heterocycles. The van der Waals surface area contributed by atoms with Gasteiger partial charge in [-0.15, -0.1) is 0 Å². The fourth-order valence-corrected chi connectivity index (χ4v) is 2.68. The Bertz CT molecular complexity index is 813. The second-order valence-electron chi connectivity index (χ2n) is 5.18. The number of nitrogens with two attached hydrogens (primary N) is 1. The van der Waals surface area contributed by atoms with Gasteiger partial charge in [-0.25, -0.2) is 4.68 Å². The molecular formula is C16H18N4O. The van der Waals surface area contributed by atoms with Crippen LogP contribution in [0, 0.1) is 13.8 Å². The third-order valence-corrected chi connectivity index (χ3v) is 3.83. The van der Waals surface area contributed by atoms with Crippen molar-refractivity contribution in [1.29, 1.82) is 0 Å². The quantitative estimate of drug-likeness (QED) is 0.773. The van der Waals surface area contributed by atoms with Gasteiger partial charge in [0.05, 0.1) is 5.69 Å². The molecule has 0 aliphatic carbocycles. The van der Waals surface area contributed by atoms with Crippen LogP contribution in [-0.4, -0.2) is 27.2 Å². The molecule has 0 bridgehead atoms. The van der Waals surface area contributed by atoms with Crippen molar-refractivity contribution in [2.45, 2.75) is 20.3 Å². The second-order valence-corrected chi connectivity index (χ2v) is 5.18. The predicted molar refractivity (Wildman–Crippen MR) is 82.5 cm³/mol. The van der Waals surface area contributed by atoms with Crippen molar-refractivity contribution in [2.75, 3.05) is 6.54 Å². The number of aromatic nitrogens is 3. The molecule has 2 aromatic heterocycles. The lowest BCUT2D eigenvalue weighted by atomic mass is 10.1. The van der Waals surface area contributed by atoms with E-state index in [9.17, 15) is 4.79 Å². The maximum Gasteiger partial charge on any atom is 0.278 e. The summed E-state index contributed by atoms with van der Waals surface area (Å²) in [5.41, 5.74) is 9.99. The van der Waals surface area contributed by atoms with Crippen molar-refractivity contribution in [3.63, 3.8) is 0 Å². The number of nitrogens with one attached hydrogen (secondary N) is 1. The van der Waals surface area contributed by atoms with E-state index >= 15 is 0 Å². The maximum atomic E-state index is 12.7. The Labute approximate surface area is 122 Å². The molecule has 0 aliphatic rings. The van der Waals surface area contributed by atoms with Gasteiger partial charge in [-0.1, -0.05) is 6.07 Å². The third kappa shape index (κ3) is 2.25. The average Bonchev–Trinajstić information content (AvgIpc) is 3.05. The molecule has 3 N–H and O–H groups in total. The Morgan fingerprint density at radius 2 is 2.14 bits per heavy atom. The number of hydrogen-bond donors (Lipinski definition) is 2. The normalized spacial score (nSPS) is 11.2. The SMILES string of the molecule is Cc1nn(C(=O)c2ccc3cc[nH]c3c2)c(C)c1CCN. The molecular weight excluding hydrogens is 264 g/mol. The minimum absolute atomic E-state index is 0.115. The molecule has 5 nitrogen and oxygen atoms in total. The van der Waals surface area contributed by atoms with Gasteiger partial charge in [0.2, 0.25) is 0 Å². The minimum Gasteiger partial charge on any atom is -0.361 e. The molecule has 1 aromatic carbocycles. The number of carbonyl (C=O) groups is 1. The first-order valence-corrected chi connectivity index (χ1v) is 6.99. The highest BCUT2D eigenvalue weighted by Crippen LogP contribution is 2.18. The molecule has 0 saturated carbocycles. The lowest BCUT2D eigenvalue weighted by molar-refractivity contribution is 0.0942. The number of carbonyl (C=O) groups excluding carboxylic acids is 1. The van der Waals surface area contributed by atoms with Crippen LogP contribution in [0.15, 0.2) is 30.5 Å².